The highest BCUT2D eigenvalue weighted by Crippen LogP contribution is 2.27. The second-order valence-corrected chi connectivity index (χ2v) is 5.78. The highest BCUT2D eigenvalue weighted by Gasteiger charge is 2.06. The molecule has 0 radical (unpaired) electrons. The van der Waals surface area contributed by atoms with E-state index in [9.17, 15) is 4.39 Å². The molecule has 1 aromatic heterocycles. The Hall–Kier alpha value is -1.91. The molecule has 4 heteroatoms. The van der Waals surface area contributed by atoms with Gasteiger partial charge in [0.05, 0.1) is 12.1 Å². The fraction of sp³-hybridized carbons (Fsp3) is 0.118. The fourth-order valence-corrected chi connectivity index (χ4v) is 3.06. The van der Waals surface area contributed by atoms with Gasteiger partial charge < -0.3 is 5.11 Å². The third-order valence-electron chi connectivity index (χ3n) is 3.25. The van der Waals surface area contributed by atoms with Crippen LogP contribution in [0.1, 0.15) is 11.1 Å². The highest BCUT2D eigenvalue weighted by atomic mass is 32.2. The van der Waals surface area contributed by atoms with Crippen molar-refractivity contribution in [3.05, 3.63) is 71.7 Å². The largest absolute Gasteiger partial charge is 0.392 e. The summed E-state index contributed by atoms with van der Waals surface area (Å²) in [7, 11) is 0. The molecular weight excluding hydrogens is 285 g/mol. The van der Waals surface area contributed by atoms with E-state index in [0.717, 1.165) is 26.9 Å². The van der Waals surface area contributed by atoms with Crippen molar-refractivity contribution in [2.45, 2.75) is 17.3 Å². The van der Waals surface area contributed by atoms with Crippen molar-refractivity contribution in [2.24, 2.45) is 0 Å². The van der Waals surface area contributed by atoms with Crippen molar-refractivity contribution in [2.75, 3.05) is 0 Å². The van der Waals surface area contributed by atoms with E-state index in [-0.39, 0.29) is 12.4 Å². The summed E-state index contributed by atoms with van der Waals surface area (Å²) >= 11 is 1.63. The van der Waals surface area contributed by atoms with E-state index in [2.05, 4.69) is 4.98 Å². The van der Waals surface area contributed by atoms with Crippen molar-refractivity contribution in [3.8, 4) is 0 Å². The van der Waals surface area contributed by atoms with Gasteiger partial charge in [-0.1, -0.05) is 18.2 Å². The van der Waals surface area contributed by atoms with Crippen LogP contribution in [0.2, 0.25) is 0 Å². The van der Waals surface area contributed by atoms with Crippen LogP contribution in [0.25, 0.3) is 10.9 Å². The summed E-state index contributed by atoms with van der Waals surface area (Å²) in [6, 6.07) is 14.4. The van der Waals surface area contributed by atoms with Crippen LogP contribution >= 0.6 is 11.8 Å². The zero-order chi connectivity index (χ0) is 14.7. The lowest BCUT2D eigenvalue weighted by molar-refractivity contribution is 0.282. The van der Waals surface area contributed by atoms with Gasteiger partial charge in [-0.3, -0.25) is 4.98 Å². The van der Waals surface area contributed by atoms with Crippen molar-refractivity contribution in [3.63, 3.8) is 0 Å². The van der Waals surface area contributed by atoms with Gasteiger partial charge in [0.25, 0.3) is 0 Å². The molecule has 0 saturated heterocycles. The monoisotopic (exact) mass is 299 g/mol. The molecule has 0 atom stereocenters. The number of aliphatic hydroxyl groups is 1. The molecule has 0 spiro atoms. The Morgan fingerprint density at radius 1 is 1.10 bits per heavy atom. The summed E-state index contributed by atoms with van der Waals surface area (Å²) in [4.78, 5) is 5.43. The van der Waals surface area contributed by atoms with Gasteiger partial charge >= 0.3 is 0 Å². The number of aromatic nitrogens is 1. The second kappa shape index (κ2) is 6.24. The van der Waals surface area contributed by atoms with Gasteiger partial charge in [0.2, 0.25) is 0 Å². The molecule has 0 aliphatic rings. The first-order chi connectivity index (χ1) is 10.3. The van der Waals surface area contributed by atoms with Crippen LogP contribution in [0.4, 0.5) is 4.39 Å². The molecule has 0 unspecified atom stereocenters. The van der Waals surface area contributed by atoms with Gasteiger partial charge in [0, 0.05) is 22.2 Å². The number of pyridine rings is 1. The summed E-state index contributed by atoms with van der Waals surface area (Å²) < 4.78 is 13.7. The Balaban J connectivity index is 1.84. The first-order valence-corrected chi connectivity index (χ1v) is 7.60. The molecule has 2 nitrogen and oxygen atoms in total. The second-order valence-electron chi connectivity index (χ2n) is 4.73. The van der Waals surface area contributed by atoms with E-state index in [4.69, 9.17) is 5.11 Å². The van der Waals surface area contributed by atoms with E-state index < -0.39 is 0 Å². The zero-order valence-corrected chi connectivity index (χ0v) is 12.1. The highest BCUT2D eigenvalue weighted by molar-refractivity contribution is 7.98. The number of hydrogen-bond acceptors (Lipinski definition) is 3. The molecule has 3 rings (SSSR count). The summed E-state index contributed by atoms with van der Waals surface area (Å²) in [5.74, 6) is 0.422. The smallest absolute Gasteiger partial charge is 0.124 e. The molecular formula is C17H14FNOS. The minimum atomic E-state index is -0.235. The number of thioether (sulfide) groups is 1. The lowest BCUT2D eigenvalue weighted by atomic mass is 10.1. The van der Waals surface area contributed by atoms with Crippen LogP contribution in [0.3, 0.4) is 0 Å². The van der Waals surface area contributed by atoms with E-state index in [1.54, 1.807) is 24.0 Å². The Labute approximate surface area is 126 Å². The minimum absolute atomic E-state index is 0.0450. The zero-order valence-electron chi connectivity index (χ0n) is 11.3. The molecule has 21 heavy (non-hydrogen) atoms. The van der Waals surface area contributed by atoms with Crippen LogP contribution in [0, 0.1) is 5.82 Å². The van der Waals surface area contributed by atoms with E-state index in [0.29, 0.717) is 5.75 Å². The predicted octanol–water partition coefficient (Wildman–Crippen LogP) is 4.16. The molecule has 0 fully saturated rings. The summed E-state index contributed by atoms with van der Waals surface area (Å²) in [5, 5.41) is 9.85. The quantitative estimate of drug-likeness (QED) is 0.734. The molecule has 1 heterocycles. The van der Waals surface area contributed by atoms with Crippen LogP contribution < -0.4 is 0 Å². The van der Waals surface area contributed by atoms with Crippen LogP contribution in [-0.2, 0) is 12.4 Å². The average molecular weight is 299 g/mol. The number of benzene rings is 2. The van der Waals surface area contributed by atoms with Gasteiger partial charge in [0.15, 0.2) is 0 Å². The number of rotatable bonds is 4. The average Bonchev–Trinajstić information content (AvgIpc) is 2.53. The van der Waals surface area contributed by atoms with Crippen molar-refractivity contribution in [1.82, 2.24) is 4.98 Å². The molecule has 1 N–H and O–H groups in total. The maximum absolute atomic E-state index is 13.7. The molecule has 3 aromatic rings. The maximum Gasteiger partial charge on any atom is 0.124 e. The Bertz CT molecular complexity index is 758. The number of nitrogens with zero attached hydrogens (tertiary/aromatic N) is 1. The van der Waals surface area contributed by atoms with E-state index in [1.165, 1.54) is 6.07 Å². The number of fused-ring (bicyclic) bond motifs is 1. The van der Waals surface area contributed by atoms with Crippen LogP contribution in [-0.4, -0.2) is 10.1 Å². The first-order valence-electron chi connectivity index (χ1n) is 6.62. The number of aliphatic hydroxyl groups excluding tert-OH is 1. The van der Waals surface area contributed by atoms with Crippen LogP contribution in [0.15, 0.2) is 59.6 Å². The molecule has 106 valence electrons. The third kappa shape index (κ3) is 3.23. The third-order valence-corrected chi connectivity index (χ3v) is 4.31. The van der Waals surface area contributed by atoms with E-state index >= 15 is 0 Å². The molecule has 2 aromatic carbocycles. The first kappa shape index (κ1) is 14.0. The SMILES string of the molecule is OCc1ccc(SCc2cc(F)cc3cccnc23)cc1. The summed E-state index contributed by atoms with van der Waals surface area (Å²) in [5.41, 5.74) is 2.62. The number of hydrogen-bond donors (Lipinski definition) is 1. The van der Waals surface area contributed by atoms with Crippen molar-refractivity contribution >= 4 is 22.7 Å². The van der Waals surface area contributed by atoms with E-state index in [1.807, 2.05) is 36.4 Å². The van der Waals surface area contributed by atoms with Gasteiger partial charge in [-0.05, 0) is 41.5 Å². The van der Waals surface area contributed by atoms with Crippen molar-refractivity contribution < 1.29 is 9.50 Å². The van der Waals surface area contributed by atoms with Crippen LogP contribution in [0.5, 0.6) is 0 Å². The van der Waals surface area contributed by atoms with Gasteiger partial charge in [-0.2, -0.15) is 0 Å². The predicted molar refractivity (Wildman–Crippen MR) is 83.6 cm³/mol. The molecule has 0 amide bonds. The lowest BCUT2D eigenvalue weighted by Gasteiger charge is -2.07. The maximum atomic E-state index is 13.7. The fourth-order valence-electron chi connectivity index (χ4n) is 2.19. The normalized spacial score (nSPS) is 11.0. The Kier molecular flexibility index (Phi) is 4.18. The van der Waals surface area contributed by atoms with Crippen molar-refractivity contribution in [1.29, 1.82) is 0 Å². The lowest BCUT2D eigenvalue weighted by Crippen LogP contribution is -1.90. The number of halogens is 1. The van der Waals surface area contributed by atoms with Gasteiger partial charge in [-0.25, -0.2) is 4.39 Å². The topological polar surface area (TPSA) is 33.1 Å². The Morgan fingerprint density at radius 2 is 1.90 bits per heavy atom. The standard InChI is InChI=1S/C17H14FNOS/c18-15-8-13-2-1-7-19-17(13)14(9-15)11-21-16-5-3-12(10-20)4-6-16/h1-9,20H,10-11H2. The minimum Gasteiger partial charge on any atom is -0.392 e. The molecule has 0 bridgehead atoms. The molecule has 0 saturated carbocycles. The molecule has 0 aliphatic heterocycles. The Morgan fingerprint density at radius 3 is 2.67 bits per heavy atom. The summed E-state index contributed by atoms with van der Waals surface area (Å²) in [6.07, 6.45) is 1.73. The molecule has 0 aliphatic carbocycles. The van der Waals surface area contributed by atoms with Gasteiger partial charge in [-0.15, -0.1) is 11.8 Å². The van der Waals surface area contributed by atoms with Gasteiger partial charge in [0.1, 0.15) is 5.82 Å². The summed E-state index contributed by atoms with van der Waals surface area (Å²) in [6.45, 7) is 0.0450.